The number of ether oxygens (including phenoxy) is 1. The molecule has 0 saturated heterocycles. The molecule has 3 rings (SSSR count). The first kappa shape index (κ1) is 17.9. The van der Waals surface area contributed by atoms with E-state index in [1.807, 2.05) is 0 Å². The highest BCUT2D eigenvalue weighted by Gasteiger charge is 2.20. The molecule has 0 bridgehead atoms. The molecule has 1 heterocycles. The summed E-state index contributed by atoms with van der Waals surface area (Å²) < 4.78 is 5.28. The fourth-order valence-corrected chi connectivity index (χ4v) is 2.84. The number of nitrogens with zero attached hydrogens (tertiary/aromatic N) is 2. The lowest BCUT2D eigenvalue weighted by Crippen LogP contribution is -2.13. The quantitative estimate of drug-likeness (QED) is 0.501. The summed E-state index contributed by atoms with van der Waals surface area (Å²) in [5.74, 6) is 0.815. The third kappa shape index (κ3) is 3.54. The van der Waals surface area contributed by atoms with E-state index in [0.29, 0.717) is 32.9 Å². The van der Waals surface area contributed by atoms with Crippen molar-refractivity contribution >= 4 is 33.9 Å². The number of aliphatic hydroxyl groups excluding tert-OH is 1. The largest absolute Gasteiger partial charge is 0.496 e. The second-order valence-corrected chi connectivity index (χ2v) is 6.01. The van der Waals surface area contributed by atoms with Gasteiger partial charge < -0.3 is 15.2 Å². The zero-order valence-electron chi connectivity index (χ0n) is 13.8. The number of nitro groups is 1. The van der Waals surface area contributed by atoms with Crippen LogP contribution in [0.15, 0.2) is 48.7 Å². The van der Waals surface area contributed by atoms with Crippen molar-refractivity contribution in [2.75, 3.05) is 19.0 Å². The molecule has 0 fully saturated rings. The first-order valence-corrected chi connectivity index (χ1v) is 8.16. The molecule has 1 aromatic heterocycles. The number of nitrogens with one attached hydrogen (secondary N) is 1. The smallest absolute Gasteiger partial charge is 0.281 e. The Balaban J connectivity index is 1.94. The zero-order chi connectivity index (χ0) is 18.7. The number of aliphatic hydroxyl groups is 1. The molecule has 134 valence electrons. The Morgan fingerprint density at radius 3 is 2.65 bits per heavy atom. The summed E-state index contributed by atoms with van der Waals surface area (Å²) in [7, 11) is 1.50. The van der Waals surface area contributed by atoms with E-state index in [1.54, 1.807) is 36.4 Å². The lowest BCUT2D eigenvalue weighted by atomic mass is 10.1. The van der Waals surface area contributed by atoms with Crippen molar-refractivity contribution in [1.29, 1.82) is 0 Å². The summed E-state index contributed by atoms with van der Waals surface area (Å²) in [6, 6.07) is 11.4. The summed E-state index contributed by atoms with van der Waals surface area (Å²) in [6.07, 6.45) is 0.708. The molecule has 0 aliphatic heterocycles. The molecule has 0 aliphatic carbocycles. The van der Waals surface area contributed by atoms with E-state index >= 15 is 0 Å². The van der Waals surface area contributed by atoms with Gasteiger partial charge in [-0.25, -0.2) is 4.98 Å². The highest BCUT2D eigenvalue weighted by Crippen LogP contribution is 2.36. The number of methoxy groups -OCH3 is 1. The molecule has 7 nitrogen and oxygen atoms in total. The topological polar surface area (TPSA) is 97.5 Å². The van der Waals surface area contributed by atoms with Crippen LogP contribution >= 0.6 is 11.6 Å². The number of nitro benzene ring substituents is 1. The monoisotopic (exact) mass is 373 g/mol. The number of hydrogen-bond donors (Lipinski definition) is 2. The molecule has 1 atom stereocenters. The maximum absolute atomic E-state index is 11.4. The molecule has 0 spiro atoms. The van der Waals surface area contributed by atoms with Crippen LogP contribution in [-0.2, 0) is 0 Å². The number of rotatable bonds is 6. The predicted molar refractivity (Wildman–Crippen MR) is 99.9 cm³/mol. The molecule has 0 amide bonds. The van der Waals surface area contributed by atoms with Crippen molar-refractivity contribution in [1.82, 2.24) is 4.98 Å². The second-order valence-electron chi connectivity index (χ2n) is 5.57. The first-order chi connectivity index (χ1) is 12.5. The first-order valence-electron chi connectivity index (χ1n) is 7.78. The third-order valence-corrected chi connectivity index (χ3v) is 4.25. The van der Waals surface area contributed by atoms with Gasteiger partial charge in [0.1, 0.15) is 17.0 Å². The Hall–Kier alpha value is -2.90. The second kappa shape index (κ2) is 7.55. The van der Waals surface area contributed by atoms with Crippen molar-refractivity contribution in [3.05, 3.63) is 69.4 Å². The summed E-state index contributed by atoms with van der Waals surface area (Å²) in [5, 5.41) is 26.2. The number of hydrogen-bond acceptors (Lipinski definition) is 6. The maximum atomic E-state index is 11.4. The molecule has 3 aromatic rings. The summed E-state index contributed by atoms with van der Waals surface area (Å²) >= 11 is 5.85. The van der Waals surface area contributed by atoms with Crippen molar-refractivity contribution in [3.8, 4) is 5.75 Å². The lowest BCUT2D eigenvalue weighted by molar-refractivity contribution is -0.383. The molecule has 26 heavy (non-hydrogen) atoms. The fourth-order valence-electron chi connectivity index (χ4n) is 2.71. The maximum Gasteiger partial charge on any atom is 0.281 e. The van der Waals surface area contributed by atoms with E-state index in [1.165, 1.54) is 19.4 Å². The lowest BCUT2D eigenvalue weighted by Gasteiger charge is -2.15. The molecular weight excluding hydrogens is 358 g/mol. The molecular formula is C18H16ClN3O4. The van der Waals surface area contributed by atoms with Gasteiger partial charge in [-0.15, -0.1) is 0 Å². The van der Waals surface area contributed by atoms with E-state index in [-0.39, 0.29) is 12.2 Å². The number of benzene rings is 2. The van der Waals surface area contributed by atoms with Crippen molar-refractivity contribution in [2.45, 2.75) is 6.10 Å². The number of aromatic nitrogens is 1. The Morgan fingerprint density at radius 1 is 1.27 bits per heavy atom. The van der Waals surface area contributed by atoms with Crippen LogP contribution in [0.4, 0.5) is 11.5 Å². The molecule has 0 saturated carbocycles. The normalized spacial score (nSPS) is 12.0. The molecule has 8 heteroatoms. The molecule has 1 unspecified atom stereocenters. The van der Waals surface area contributed by atoms with E-state index in [9.17, 15) is 15.2 Å². The number of pyridine rings is 1. The molecule has 0 radical (unpaired) electrons. The highest BCUT2D eigenvalue weighted by molar-refractivity contribution is 6.30. The number of halogens is 1. The predicted octanol–water partition coefficient (Wildman–Crippen LogP) is 3.95. The number of fused-ring (bicyclic) bond motifs is 1. The number of non-ortho nitro benzene ring substituents is 1. The summed E-state index contributed by atoms with van der Waals surface area (Å²) in [5.41, 5.74) is 0.589. The zero-order valence-corrected chi connectivity index (χ0v) is 14.6. The van der Waals surface area contributed by atoms with Gasteiger partial charge in [0.05, 0.1) is 18.1 Å². The van der Waals surface area contributed by atoms with E-state index < -0.39 is 11.0 Å². The molecule has 2 N–H and O–H groups in total. The van der Waals surface area contributed by atoms with Gasteiger partial charge in [-0.1, -0.05) is 23.7 Å². The van der Waals surface area contributed by atoms with Gasteiger partial charge in [-0.05, 0) is 29.8 Å². The minimum absolute atomic E-state index is 0.0858. The van der Waals surface area contributed by atoms with Gasteiger partial charge in [0.2, 0.25) is 0 Å². The van der Waals surface area contributed by atoms with Gasteiger partial charge in [-0.3, -0.25) is 10.1 Å². The Kier molecular flexibility index (Phi) is 5.20. The van der Waals surface area contributed by atoms with Gasteiger partial charge >= 0.3 is 0 Å². The van der Waals surface area contributed by atoms with Crippen LogP contribution in [0.25, 0.3) is 10.8 Å². The fraction of sp³-hybridized carbons (Fsp3) is 0.167. The van der Waals surface area contributed by atoms with E-state index in [2.05, 4.69) is 10.3 Å². The average Bonchev–Trinajstić information content (AvgIpc) is 2.65. The van der Waals surface area contributed by atoms with Crippen LogP contribution in [0.3, 0.4) is 0 Å². The Morgan fingerprint density at radius 2 is 2.00 bits per heavy atom. The van der Waals surface area contributed by atoms with E-state index in [0.717, 1.165) is 0 Å². The van der Waals surface area contributed by atoms with Gasteiger partial charge in [0.25, 0.3) is 5.69 Å². The van der Waals surface area contributed by atoms with Crippen LogP contribution in [0.5, 0.6) is 5.75 Å². The van der Waals surface area contributed by atoms with Crippen LogP contribution in [-0.4, -0.2) is 28.7 Å². The Bertz CT molecular complexity index is 947. The van der Waals surface area contributed by atoms with Crippen molar-refractivity contribution in [2.24, 2.45) is 0 Å². The van der Waals surface area contributed by atoms with E-state index in [4.69, 9.17) is 16.3 Å². The number of anilines is 1. The van der Waals surface area contributed by atoms with Crippen molar-refractivity contribution in [3.63, 3.8) is 0 Å². The van der Waals surface area contributed by atoms with Gasteiger partial charge in [0.15, 0.2) is 0 Å². The van der Waals surface area contributed by atoms with Gasteiger partial charge in [-0.2, -0.15) is 0 Å². The van der Waals surface area contributed by atoms with Crippen LogP contribution < -0.4 is 10.1 Å². The minimum atomic E-state index is -0.825. The van der Waals surface area contributed by atoms with Crippen LogP contribution in [0.2, 0.25) is 5.02 Å². The molecule has 2 aromatic carbocycles. The summed E-state index contributed by atoms with van der Waals surface area (Å²) in [4.78, 5) is 15.1. The van der Waals surface area contributed by atoms with Crippen LogP contribution in [0, 0.1) is 10.1 Å². The Labute approximate surface area is 154 Å². The average molecular weight is 374 g/mol. The van der Waals surface area contributed by atoms with Gasteiger partial charge in [0, 0.05) is 29.2 Å². The highest BCUT2D eigenvalue weighted by atomic mass is 35.5. The molecule has 0 aliphatic rings. The third-order valence-electron chi connectivity index (χ3n) is 4.00. The van der Waals surface area contributed by atoms with Crippen LogP contribution in [0.1, 0.15) is 11.7 Å². The standard InChI is InChI=1S/C18H16ClN3O4/c1-26-16-7-6-14(22(24)25)17-13(16)8-9-20-18(17)21-10-15(23)11-2-4-12(19)5-3-11/h2-9,15,23H,10H2,1H3,(H,20,21). The van der Waals surface area contributed by atoms with Crippen molar-refractivity contribution < 1.29 is 14.8 Å². The summed E-state index contributed by atoms with van der Waals surface area (Å²) in [6.45, 7) is 0.127. The minimum Gasteiger partial charge on any atom is -0.496 e. The SMILES string of the molecule is COc1ccc([N+](=O)[O-])c2c(NCC(O)c3ccc(Cl)cc3)nccc12.